The molecule has 12 heavy (non-hydrogen) atoms. The first-order valence-corrected chi connectivity index (χ1v) is 4.57. The van der Waals surface area contributed by atoms with Gasteiger partial charge in [0.2, 0.25) is 0 Å². The van der Waals surface area contributed by atoms with E-state index in [0.29, 0.717) is 6.04 Å². The van der Waals surface area contributed by atoms with Gasteiger partial charge in [-0.15, -0.1) is 0 Å². The van der Waals surface area contributed by atoms with Crippen molar-refractivity contribution in [2.45, 2.75) is 39.2 Å². The lowest BCUT2D eigenvalue weighted by molar-refractivity contribution is 0.409. The summed E-state index contributed by atoms with van der Waals surface area (Å²) in [4.78, 5) is 0. The van der Waals surface area contributed by atoms with Crippen LogP contribution in [0.4, 0.5) is 5.69 Å². The van der Waals surface area contributed by atoms with Crippen molar-refractivity contribution in [1.29, 1.82) is 0 Å². The Morgan fingerprint density at radius 1 is 1.58 bits per heavy atom. The predicted molar refractivity (Wildman–Crippen MR) is 50.9 cm³/mol. The van der Waals surface area contributed by atoms with Crippen LogP contribution >= 0.6 is 0 Å². The van der Waals surface area contributed by atoms with Crippen LogP contribution in [0.5, 0.6) is 0 Å². The minimum absolute atomic E-state index is 0.521. The van der Waals surface area contributed by atoms with Crippen LogP contribution < -0.4 is 5.73 Å². The number of hydrogen-bond donors (Lipinski definition) is 1. The fourth-order valence-electron chi connectivity index (χ4n) is 1.41. The molecule has 1 atom stereocenters. The first kappa shape index (κ1) is 9.10. The molecule has 68 valence electrons. The van der Waals surface area contributed by atoms with Crippen molar-refractivity contribution in [3.63, 3.8) is 0 Å². The molecule has 1 aromatic heterocycles. The van der Waals surface area contributed by atoms with Crippen LogP contribution in [0.2, 0.25) is 0 Å². The number of nitrogens with two attached hydrogens (primary N) is 1. The molecule has 0 fully saturated rings. The minimum atomic E-state index is 0.521. The summed E-state index contributed by atoms with van der Waals surface area (Å²) in [6.07, 6.45) is 7.10. The molecule has 0 aliphatic rings. The van der Waals surface area contributed by atoms with E-state index in [-0.39, 0.29) is 0 Å². The summed E-state index contributed by atoms with van der Waals surface area (Å²) in [7, 11) is 0. The summed E-state index contributed by atoms with van der Waals surface area (Å²) in [5.41, 5.74) is 6.34. The van der Waals surface area contributed by atoms with E-state index in [9.17, 15) is 0 Å². The molecule has 0 saturated carbocycles. The first-order chi connectivity index (χ1) is 5.77. The van der Waals surface area contributed by atoms with Crippen molar-refractivity contribution in [3.8, 4) is 0 Å². The molecule has 1 rings (SSSR count). The lowest BCUT2D eigenvalue weighted by Crippen LogP contribution is -2.07. The van der Waals surface area contributed by atoms with E-state index in [2.05, 4.69) is 18.9 Å². The number of rotatable bonds is 4. The van der Waals surface area contributed by atoms with E-state index in [1.54, 1.807) is 6.20 Å². The minimum Gasteiger partial charge on any atom is -0.396 e. The average Bonchev–Trinajstić information content (AvgIpc) is 2.47. The molecule has 0 aliphatic carbocycles. The van der Waals surface area contributed by atoms with Crippen LogP contribution in [-0.2, 0) is 0 Å². The van der Waals surface area contributed by atoms with E-state index in [0.717, 1.165) is 12.1 Å². The summed E-state index contributed by atoms with van der Waals surface area (Å²) in [5, 5.41) is 4.20. The molecule has 0 radical (unpaired) electrons. The largest absolute Gasteiger partial charge is 0.396 e. The Hall–Kier alpha value is -0.990. The summed E-state index contributed by atoms with van der Waals surface area (Å²) < 4.78 is 1.97. The van der Waals surface area contributed by atoms with Crippen LogP contribution in [0.1, 0.15) is 39.2 Å². The van der Waals surface area contributed by atoms with Crippen LogP contribution in [0.15, 0.2) is 12.4 Å². The van der Waals surface area contributed by atoms with Gasteiger partial charge in [-0.2, -0.15) is 5.10 Å². The summed E-state index contributed by atoms with van der Waals surface area (Å²) >= 11 is 0. The van der Waals surface area contributed by atoms with Gasteiger partial charge in [-0.1, -0.05) is 20.3 Å². The molecule has 3 nitrogen and oxygen atoms in total. The topological polar surface area (TPSA) is 43.8 Å². The molecule has 0 aromatic carbocycles. The number of hydrogen-bond acceptors (Lipinski definition) is 2. The highest BCUT2D eigenvalue weighted by molar-refractivity contribution is 5.30. The number of aromatic nitrogens is 2. The van der Waals surface area contributed by atoms with Crippen LogP contribution in [0.25, 0.3) is 0 Å². The summed E-state index contributed by atoms with van der Waals surface area (Å²) in [6, 6.07) is 0.521. The molecule has 0 spiro atoms. The molecule has 0 saturated heterocycles. The molecular weight excluding hydrogens is 150 g/mol. The quantitative estimate of drug-likeness (QED) is 0.747. The van der Waals surface area contributed by atoms with E-state index in [1.165, 1.54) is 12.8 Å². The molecular formula is C9H17N3. The highest BCUT2D eigenvalue weighted by Gasteiger charge is 2.07. The van der Waals surface area contributed by atoms with Gasteiger partial charge in [-0.25, -0.2) is 0 Å². The maximum atomic E-state index is 5.58. The van der Waals surface area contributed by atoms with Crippen LogP contribution in [-0.4, -0.2) is 9.78 Å². The Kier molecular flexibility index (Phi) is 3.14. The second-order valence-electron chi connectivity index (χ2n) is 3.10. The van der Waals surface area contributed by atoms with Crippen molar-refractivity contribution in [1.82, 2.24) is 9.78 Å². The van der Waals surface area contributed by atoms with E-state index in [4.69, 9.17) is 5.73 Å². The van der Waals surface area contributed by atoms with Crippen molar-refractivity contribution in [3.05, 3.63) is 12.4 Å². The fraction of sp³-hybridized carbons (Fsp3) is 0.667. The predicted octanol–water partition coefficient (Wildman–Crippen LogP) is 2.22. The van der Waals surface area contributed by atoms with Crippen molar-refractivity contribution in [2.24, 2.45) is 0 Å². The average molecular weight is 167 g/mol. The lowest BCUT2D eigenvalue weighted by atomic mass is 10.1. The molecule has 0 aliphatic heterocycles. The third kappa shape index (κ3) is 2.00. The fourth-order valence-corrected chi connectivity index (χ4v) is 1.41. The molecule has 2 N–H and O–H groups in total. The lowest BCUT2D eigenvalue weighted by Gasteiger charge is -2.13. The van der Waals surface area contributed by atoms with E-state index in [1.807, 2.05) is 10.9 Å². The van der Waals surface area contributed by atoms with Gasteiger partial charge in [0.05, 0.1) is 17.9 Å². The second kappa shape index (κ2) is 4.14. The van der Waals surface area contributed by atoms with Gasteiger partial charge in [0.15, 0.2) is 0 Å². The third-order valence-corrected chi connectivity index (χ3v) is 2.09. The highest BCUT2D eigenvalue weighted by atomic mass is 15.3. The Labute approximate surface area is 73.6 Å². The van der Waals surface area contributed by atoms with E-state index < -0.39 is 0 Å². The summed E-state index contributed by atoms with van der Waals surface area (Å²) in [6.45, 7) is 4.37. The highest BCUT2D eigenvalue weighted by Crippen LogP contribution is 2.17. The van der Waals surface area contributed by atoms with Crippen LogP contribution in [0.3, 0.4) is 0 Å². The Morgan fingerprint density at radius 2 is 2.33 bits per heavy atom. The monoisotopic (exact) mass is 167 g/mol. The smallest absolute Gasteiger partial charge is 0.0719 e. The van der Waals surface area contributed by atoms with Gasteiger partial charge in [-0.3, -0.25) is 4.68 Å². The number of nitrogen functional groups attached to an aromatic ring is 1. The zero-order valence-corrected chi connectivity index (χ0v) is 7.83. The first-order valence-electron chi connectivity index (χ1n) is 4.57. The molecule has 1 unspecified atom stereocenters. The normalized spacial score (nSPS) is 13.2. The second-order valence-corrected chi connectivity index (χ2v) is 3.10. The molecule has 1 heterocycles. The zero-order valence-electron chi connectivity index (χ0n) is 7.83. The van der Waals surface area contributed by atoms with Crippen molar-refractivity contribution in [2.75, 3.05) is 5.73 Å². The zero-order chi connectivity index (χ0) is 8.97. The number of nitrogens with zero attached hydrogens (tertiary/aromatic N) is 2. The maximum Gasteiger partial charge on any atom is 0.0719 e. The van der Waals surface area contributed by atoms with Gasteiger partial charge in [0.1, 0.15) is 0 Å². The van der Waals surface area contributed by atoms with Crippen molar-refractivity contribution >= 4 is 5.69 Å². The van der Waals surface area contributed by atoms with E-state index >= 15 is 0 Å². The Bertz CT molecular complexity index is 229. The SMILES string of the molecule is CCCC(CC)n1cc(N)cn1. The van der Waals surface area contributed by atoms with Crippen LogP contribution in [0, 0.1) is 0 Å². The Morgan fingerprint density at radius 3 is 2.75 bits per heavy atom. The standard InChI is InChI=1S/C9H17N3/c1-3-5-9(4-2)12-7-8(10)6-11-12/h6-7,9H,3-5,10H2,1-2H3. The summed E-state index contributed by atoms with van der Waals surface area (Å²) in [5.74, 6) is 0. The van der Waals surface area contributed by atoms with Gasteiger partial charge in [0.25, 0.3) is 0 Å². The van der Waals surface area contributed by atoms with Gasteiger partial charge in [0, 0.05) is 6.20 Å². The number of anilines is 1. The Balaban J connectivity index is 2.66. The molecule has 0 amide bonds. The maximum absolute atomic E-state index is 5.58. The molecule has 0 bridgehead atoms. The van der Waals surface area contributed by atoms with Gasteiger partial charge >= 0.3 is 0 Å². The van der Waals surface area contributed by atoms with Gasteiger partial charge < -0.3 is 5.73 Å². The van der Waals surface area contributed by atoms with Crippen molar-refractivity contribution < 1.29 is 0 Å². The van der Waals surface area contributed by atoms with Gasteiger partial charge in [-0.05, 0) is 12.8 Å². The third-order valence-electron chi connectivity index (χ3n) is 2.09. The molecule has 1 aromatic rings. The molecule has 3 heteroatoms.